The number of allylic oxidation sites excluding steroid dienone is 5. The van der Waals surface area contributed by atoms with Gasteiger partial charge in [-0.1, -0.05) is 165 Å². The van der Waals surface area contributed by atoms with Gasteiger partial charge in [0.1, 0.15) is 30.5 Å². The van der Waals surface area contributed by atoms with Crippen LogP contribution in [0.15, 0.2) is 36.0 Å². The number of aliphatic hydroxyl groups excluding tert-OH is 6. The van der Waals surface area contributed by atoms with E-state index in [-0.39, 0.29) is 6.61 Å². The van der Waals surface area contributed by atoms with Crippen molar-refractivity contribution in [1.29, 1.82) is 0 Å². The minimum atomic E-state index is -1.62. The Morgan fingerprint density at radius 2 is 1.26 bits per heavy atom. The van der Waals surface area contributed by atoms with Crippen LogP contribution in [0.2, 0.25) is 0 Å². The van der Waals surface area contributed by atoms with Gasteiger partial charge in [0, 0.05) is 0 Å². The molecule has 8 atom stereocenters. The van der Waals surface area contributed by atoms with Gasteiger partial charge >= 0.3 is 0 Å². The summed E-state index contributed by atoms with van der Waals surface area (Å²) in [4.78, 5) is 13.0. The minimum Gasteiger partial charge on any atom is -0.394 e. The van der Waals surface area contributed by atoms with Gasteiger partial charge in [0.25, 0.3) is 0 Å². The molecule has 0 aromatic rings. The van der Waals surface area contributed by atoms with E-state index >= 15 is 0 Å². The zero-order valence-electron chi connectivity index (χ0n) is 33.6. The smallest absolute Gasteiger partial charge is 0.249 e. The van der Waals surface area contributed by atoms with Crippen molar-refractivity contribution in [2.24, 2.45) is 0 Å². The molecule has 1 aliphatic rings. The third-order valence-electron chi connectivity index (χ3n) is 10.2. The number of nitrogens with one attached hydrogen (secondary N) is 1. The zero-order valence-corrected chi connectivity index (χ0v) is 33.6. The Balaban J connectivity index is 2.57. The highest BCUT2D eigenvalue weighted by Crippen LogP contribution is 2.22. The van der Waals surface area contributed by atoms with Crippen LogP contribution in [0.25, 0.3) is 0 Å². The number of hydrogen-bond acceptors (Lipinski definition) is 9. The Morgan fingerprint density at radius 3 is 1.83 bits per heavy atom. The molecule has 0 saturated carbocycles. The second-order valence-electron chi connectivity index (χ2n) is 15.1. The van der Waals surface area contributed by atoms with Crippen molar-refractivity contribution in [3.8, 4) is 0 Å². The Morgan fingerprint density at radius 1 is 0.717 bits per heavy atom. The zero-order chi connectivity index (χ0) is 39.1. The monoisotopic (exact) mass is 754 g/mol. The molecular formula is C43H79NO9. The number of carbonyl (C=O) groups excluding carboxylic acids is 1. The molecule has 1 rings (SSSR count). The number of amides is 1. The quantitative estimate of drug-likeness (QED) is 0.0210. The maximum absolute atomic E-state index is 13.0. The standard InChI is InChI=1S/C43H79NO9/c1-4-6-8-10-12-13-14-15-16-17-18-20-22-26-31-37(47)42(51)44-35(33-52-43-41(50)40(49)39(48)38(32-45)53-43)36(46)30-27-23-25-29-34(3)28-24-21-19-11-9-7-5-2/h24,27-30,35-41,43,45-50H,4-23,25-26,31-33H2,1-3H3,(H,44,51)/b28-24+,30-27+,34-29+/t35-,36+,37+,38?,39+,40?,41?,43+/m0/s1. The Hall–Kier alpha value is -1.63. The molecule has 7 N–H and O–H groups in total. The van der Waals surface area contributed by atoms with Crippen molar-refractivity contribution in [1.82, 2.24) is 5.32 Å². The van der Waals surface area contributed by atoms with Gasteiger partial charge in [0.2, 0.25) is 5.91 Å². The van der Waals surface area contributed by atoms with Gasteiger partial charge in [-0.15, -0.1) is 0 Å². The van der Waals surface area contributed by atoms with Gasteiger partial charge < -0.3 is 45.4 Å². The van der Waals surface area contributed by atoms with Gasteiger partial charge in [-0.2, -0.15) is 0 Å². The maximum Gasteiger partial charge on any atom is 0.249 e. The van der Waals surface area contributed by atoms with Crippen molar-refractivity contribution in [3.63, 3.8) is 0 Å². The molecule has 0 aromatic carbocycles. The third kappa shape index (κ3) is 23.8. The highest BCUT2D eigenvalue weighted by atomic mass is 16.7. The first-order chi connectivity index (χ1) is 25.7. The molecule has 1 amide bonds. The van der Waals surface area contributed by atoms with Crippen LogP contribution in [0.3, 0.4) is 0 Å². The lowest BCUT2D eigenvalue weighted by atomic mass is 9.99. The molecule has 0 aromatic heterocycles. The molecule has 1 aliphatic heterocycles. The van der Waals surface area contributed by atoms with Crippen LogP contribution in [-0.2, 0) is 14.3 Å². The fourth-order valence-corrected chi connectivity index (χ4v) is 6.55. The minimum absolute atomic E-state index is 0.301. The maximum atomic E-state index is 13.0. The summed E-state index contributed by atoms with van der Waals surface area (Å²) >= 11 is 0. The molecule has 3 unspecified atom stereocenters. The van der Waals surface area contributed by atoms with Crippen molar-refractivity contribution in [2.45, 2.75) is 217 Å². The van der Waals surface area contributed by atoms with E-state index in [4.69, 9.17) is 9.47 Å². The van der Waals surface area contributed by atoms with Gasteiger partial charge in [0.05, 0.1) is 25.4 Å². The predicted octanol–water partition coefficient (Wildman–Crippen LogP) is 7.08. The van der Waals surface area contributed by atoms with E-state index in [0.29, 0.717) is 19.3 Å². The van der Waals surface area contributed by atoms with Crippen LogP contribution in [0, 0.1) is 0 Å². The number of unbranched alkanes of at least 4 members (excludes halogenated alkanes) is 19. The van der Waals surface area contributed by atoms with Crippen LogP contribution in [0.1, 0.15) is 168 Å². The van der Waals surface area contributed by atoms with E-state index in [1.54, 1.807) is 6.08 Å². The largest absolute Gasteiger partial charge is 0.394 e. The van der Waals surface area contributed by atoms with E-state index < -0.39 is 61.5 Å². The second-order valence-corrected chi connectivity index (χ2v) is 15.1. The van der Waals surface area contributed by atoms with Gasteiger partial charge in [0.15, 0.2) is 6.29 Å². The van der Waals surface area contributed by atoms with Gasteiger partial charge in [-0.05, 0) is 39.0 Å². The molecule has 10 nitrogen and oxygen atoms in total. The van der Waals surface area contributed by atoms with Crippen molar-refractivity contribution in [2.75, 3.05) is 13.2 Å². The summed E-state index contributed by atoms with van der Waals surface area (Å²) in [6, 6.07) is -1.00. The van der Waals surface area contributed by atoms with Gasteiger partial charge in [-0.25, -0.2) is 0 Å². The SMILES string of the molecule is CCCCCCC/C=C/C(C)=C/CC/C=C/[C@@H](O)[C@H](CO[C@@H]1OC(CO)[C@@H](O)C(O)C1O)NC(=O)[C@H](O)CCCCCCCCCCCCCCCC. The van der Waals surface area contributed by atoms with Crippen molar-refractivity contribution >= 4 is 5.91 Å². The molecule has 0 aliphatic carbocycles. The predicted molar refractivity (Wildman–Crippen MR) is 213 cm³/mol. The van der Waals surface area contributed by atoms with Crippen molar-refractivity contribution < 1.29 is 44.9 Å². The number of carbonyl (C=O) groups is 1. The summed E-state index contributed by atoms with van der Waals surface area (Å²) in [7, 11) is 0. The fourth-order valence-electron chi connectivity index (χ4n) is 6.55. The molecule has 10 heteroatoms. The first-order valence-electron chi connectivity index (χ1n) is 21.2. The van der Waals surface area contributed by atoms with E-state index in [9.17, 15) is 35.4 Å². The Bertz CT molecular complexity index is 971. The summed E-state index contributed by atoms with van der Waals surface area (Å²) < 4.78 is 11.1. The summed E-state index contributed by atoms with van der Waals surface area (Å²) in [6.45, 7) is 5.60. The summed E-state index contributed by atoms with van der Waals surface area (Å²) in [5.41, 5.74) is 1.18. The molecule has 1 saturated heterocycles. The molecule has 0 bridgehead atoms. The third-order valence-corrected chi connectivity index (χ3v) is 10.2. The number of hydrogen-bond donors (Lipinski definition) is 7. The van der Waals surface area contributed by atoms with Crippen LogP contribution >= 0.6 is 0 Å². The van der Waals surface area contributed by atoms with Crippen LogP contribution < -0.4 is 5.32 Å². The lowest BCUT2D eigenvalue weighted by molar-refractivity contribution is -0.302. The lowest BCUT2D eigenvalue weighted by Crippen LogP contribution is -2.60. The number of ether oxygens (including phenoxy) is 2. The molecular weight excluding hydrogens is 674 g/mol. The topological polar surface area (TPSA) is 169 Å². The molecule has 0 spiro atoms. The van der Waals surface area contributed by atoms with Crippen LogP contribution in [0.5, 0.6) is 0 Å². The highest BCUT2D eigenvalue weighted by Gasteiger charge is 2.44. The van der Waals surface area contributed by atoms with Crippen molar-refractivity contribution in [3.05, 3.63) is 36.0 Å². The van der Waals surface area contributed by atoms with Crippen LogP contribution in [0.4, 0.5) is 0 Å². The molecule has 310 valence electrons. The summed E-state index contributed by atoms with van der Waals surface area (Å²) in [6.07, 6.45) is 26.2. The average molecular weight is 754 g/mol. The van der Waals surface area contributed by atoms with E-state index in [0.717, 1.165) is 32.1 Å². The lowest BCUT2D eigenvalue weighted by Gasteiger charge is -2.40. The van der Waals surface area contributed by atoms with Gasteiger partial charge in [-0.3, -0.25) is 4.79 Å². The molecule has 1 heterocycles. The Kier molecular flexibility index (Phi) is 30.4. The number of rotatable bonds is 33. The average Bonchev–Trinajstić information content (AvgIpc) is 3.15. The first kappa shape index (κ1) is 49.4. The summed E-state index contributed by atoms with van der Waals surface area (Å²) in [5, 5.41) is 64.5. The Labute approximate surface area is 322 Å². The molecule has 53 heavy (non-hydrogen) atoms. The van der Waals surface area contributed by atoms with Crippen LogP contribution in [-0.4, -0.2) is 98.7 Å². The summed E-state index contributed by atoms with van der Waals surface area (Å²) in [5.74, 6) is -0.634. The fraction of sp³-hybridized carbons (Fsp3) is 0.837. The highest BCUT2D eigenvalue weighted by molar-refractivity contribution is 5.80. The second kappa shape index (κ2) is 32.6. The van der Waals surface area contributed by atoms with E-state index in [1.165, 1.54) is 102 Å². The molecule has 1 fully saturated rings. The van der Waals surface area contributed by atoms with E-state index in [2.05, 4.69) is 44.3 Å². The normalized spacial score (nSPS) is 22.8. The molecule has 0 radical (unpaired) electrons. The van der Waals surface area contributed by atoms with E-state index in [1.807, 2.05) is 6.08 Å². The first-order valence-corrected chi connectivity index (χ1v) is 21.2. The number of aliphatic hydroxyl groups is 6.